The molecule has 1 N–H and O–H groups in total. The molecule has 1 aromatic heterocycles. The molecule has 0 aliphatic carbocycles. The van der Waals surface area contributed by atoms with Crippen LogP contribution >= 0.6 is 0 Å². The molecule has 124 valence electrons. The Kier molecular flexibility index (Phi) is 6.39. The number of hydrogen-bond acceptors (Lipinski definition) is 5. The number of aryl methyl sites for hydroxylation is 2. The fraction of sp³-hybridized carbons (Fsp3) is 0.667. The molecule has 0 aliphatic rings. The van der Waals surface area contributed by atoms with Crippen molar-refractivity contribution in [3.05, 3.63) is 18.0 Å². The highest BCUT2D eigenvalue weighted by Gasteiger charge is 2.24. The summed E-state index contributed by atoms with van der Waals surface area (Å²) in [7, 11) is 1.29. The van der Waals surface area contributed by atoms with E-state index in [9.17, 15) is 9.59 Å². The SMILES string of the molecule is CCc1cnn(CCC(NC(=O)OC(C)(C)C)C(=O)OC)c1. The molecule has 1 heterocycles. The lowest BCUT2D eigenvalue weighted by atomic mass is 10.2. The molecule has 22 heavy (non-hydrogen) atoms. The Balaban J connectivity index is 2.60. The molecule has 0 saturated heterocycles. The fourth-order valence-electron chi connectivity index (χ4n) is 1.81. The number of aromatic nitrogens is 2. The van der Waals surface area contributed by atoms with Crippen molar-refractivity contribution in [1.82, 2.24) is 15.1 Å². The molecule has 0 aliphatic heterocycles. The number of carbonyl (C=O) groups is 2. The normalized spacial score (nSPS) is 12.6. The van der Waals surface area contributed by atoms with Crippen LogP contribution in [-0.2, 0) is 27.2 Å². The third-order valence-corrected chi connectivity index (χ3v) is 2.92. The molecule has 0 spiro atoms. The van der Waals surface area contributed by atoms with Gasteiger partial charge in [-0.05, 0) is 39.2 Å². The van der Waals surface area contributed by atoms with E-state index in [4.69, 9.17) is 9.47 Å². The van der Waals surface area contributed by atoms with Crippen molar-refractivity contribution < 1.29 is 19.1 Å². The molecular formula is C15H25N3O4. The summed E-state index contributed by atoms with van der Waals surface area (Å²) >= 11 is 0. The predicted octanol–water partition coefficient (Wildman–Crippen LogP) is 1.90. The average molecular weight is 311 g/mol. The van der Waals surface area contributed by atoms with Crippen LogP contribution in [0.25, 0.3) is 0 Å². The van der Waals surface area contributed by atoms with Crippen molar-refractivity contribution in [3.63, 3.8) is 0 Å². The number of hydrogen-bond donors (Lipinski definition) is 1. The first-order valence-electron chi connectivity index (χ1n) is 7.34. The number of esters is 1. The Morgan fingerprint density at radius 2 is 2.09 bits per heavy atom. The minimum absolute atomic E-state index is 0.372. The molecule has 1 atom stereocenters. The maximum atomic E-state index is 11.8. The molecule has 0 fully saturated rings. The van der Waals surface area contributed by atoms with Crippen molar-refractivity contribution in [1.29, 1.82) is 0 Å². The first-order chi connectivity index (χ1) is 10.2. The second kappa shape index (κ2) is 7.82. The summed E-state index contributed by atoms with van der Waals surface area (Å²) < 4.78 is 11.6. The van der Waals surface area contributed by atoms with Gasteiger partial charge in [-0.15, -0.1) is 0 Å². The van der Waals surface area contributed by atoms with Gasteiger partial charge in [0.05, 0.1) is 13.3 Å². The van der Waals surface area contributed by atoms with Gasteiger partial charge in [-0.1, -0.05) is 6.92 Å². The zero-order valence-electron chi connectivity index (χ0n) is 13.9. The third-order valence-electron chi connectivity index (χ3n) is 2.92. The monoisotopic (exact) mass is 311 g/mol. The van der Waals surface area contributed by atoms with Gasteiger partial charge in [0.2, 0.25) is 0 Å². The van der Waals surface area contributed by atoms with E-state index in [0.29, 0.717) is 13.0 Å². The van der Waals surface area contributed by atoms with Crippen LogP contribution in [0.1, 0.15) is 39.7 Å². The number of methoxy groups -OCH3 is 1. The van der Waals surface area contributed by atoms with Gasteiger partial charge in [0, 0.05) is 12.7 Å². The number of nitrogens with zero attached hydrogens (tertiary/aromatic N) is 2. The van der Waals surface area contributed by atoms with E-state index in [-0.39, 0.29) is 0 Å². The highest BCUT2D eigenvalue weighted by atomic mass is 16.6. The maximum Gasteiger partial charge on any atom is 0.408 e. The highest BCUT2D eigenvalue weighted by Crippen LogP contribution is 2.08. The summed E-state index contributed by atoms with van der Waals surface area (Å²) in [6.07, 6.45) is 4.33. The number of amides is 1. The van der Waals surface area contributed by atoms with Gasteiger partial charge in [-0.2, -0.15) is 5.10 Å². The maximum absolute atomic E-state index is 11.8. The van der Waals surface area contributed by atoms with Crippen molar-refractivity contribution in [2.24, 2.45) is 0 Å². The van der Waals surface area contributed by atoms with Crippen LogP contribution in [0.4, 0.5) is 4.79 Å². The van der Waals surface area contributed by atoms with Gasteiger partial charge in [0.25, 0.3) is 0 Å². The summed E-state index contributed by atoms with van der Waals surface area (Å²) in [5.74, 6) is -0.506. The molecule has 1 amide bonds. The Hall–Kier alpha value is -2.05. The summed E-state index contributed by atoms with van der Waals surface area (Å²) in [6, 6.07) is -0.769. The van der Waals surface area contributed by atoms with E-state index >= 15 is 0 Å². The molecule has 0 saturated carbocycles. The first kappa shape index (κ1) is 18.0. The van der Waals surface area contributed by atoms with E-state index in [2.05, 4.69) is 10.4 Å². The van der Waals surface area contributed by atoms with Gasteiger partial charge >= 0.3 is 12.1 Å². The largest absolute Gasteiger partial charge is 0.467 e. The summed E-state index contributed by atoms with van der Waals surface area (Å²) in [5.41, 5.74) is 0.498. The van der Waals surface area contributed by atoms with Crippen LogP contribution in [-0.4, -0.2) is 40.6 Å². The molecule has 7 heteroatoms. The molecule has 0 bridgehead atoms. The lowest BCUT2D eigenvalue weighted by Gasteiger charge is -2.22. The second-order valence-electron chi connectivity index (χ2n) is 5.98. The van der Waals surface area contributed by atoms with Gasteiger partial charge in [-0.3, -0.25) is 4.68 Å². The van der Waals surface area contributed by atoms with E-state index < -0.39 is 23.7 Å². The minimum atomic E-state index is -0.769. The van der Waals surface area contributed by atoms with Crippen LogP contribution in [0, 0.1) is 0 Å². The van der Waals surface area contributed by atoms with Gasteiger partial charge < -0.3 is 14.8 Å². The van der Waals surface area contributed by atoms with Gasteiger partial charge in [0.15, 0.2) is 0 Å². The van der Waals surface area contributed by atoms with E-state index in [0.717, 1.165) is 12.0 Å². The quantitative estimate of drug-likeness (QED) is 0.811. The van der Waals surface area contributed by atoms with E-state index in [1.807, 2.05) is 13.1 Å². The standard InChI is InChI=1S/C15H25N3O4/c1-6-11-9-16-18(10-11)8-7-12(13(19)21-5)17-14(20)22-15(2,3)4/h9-10,12H,6-8H2,1-5H3,(H,17,20). The smallest absolute Gasteiger partial charge is 0.408 e. The lowest BCUT2D eigenvalue weighted by Crippen LogP contribution is -2.44. The Morgan fingerprint density at radius 1 is 1.41 bits per heavy atom. The summed E-state index contributed by atoms with van der Waals surface area (Å²) in [4.78, 5) is 23.6. The molecule has 7 nitrogen and oxygen atoms in total. The third kappa shape index (κ3) is 6.15. The average Bonchev–Trinajstić information content (AvgIpc) is 2.88. The van der Waals surface area contributed by atoms with Crippen molar-refractivity contribution in [3.8, 4) is 0 Å². The Bertz CT molecular complexity index is 505. The zero-order chi connectivity index (χ0) is 16.8. The number of nitrogens with one attached hydrogen (secondary N) is 1. The van der Waals surface area contributed by atoms with Gasteiger partial charge in [-0.25, -0.2) is 9.59 Å². The van der Waals surface area contributed by atoms with Crippen LogP contribution < -0.4 is 5.32 Å². The molecule has 1 unspecified atom stereocenters. The first-order valence-corrected chi connectivity index (χ1v) is 7.34. The fourth-order valence-corrected chi connectivity index (χ4v) is 1.81. The molecule has 1 rings (SSSR count). The molecule has 0 aromatic carbocycles. The topological polar surface area (TPSA) is 82.5 Å². The second-order valence-corrected chi connectivity index (χ2v) is 5.98. The van der Waals surface area contributed by atoms with E-state index in [1.54, 1.807) is 31.6 Å². The van der Waals surface area contributed by atoms with Crippen molar-refractivity contribution in [2.45, 2.75) is 58.7 Å². The van der Waals surface area contributed by atoms with Crippen LogP contribution in [0.5, 0.6) is 0 Å². The van der Waals surface area contributed by atoms with Gasteiger partial charge in [0.1, 0.15) is 11.6 Å². The van der Waals surface area contributed by atoms with Crippen LogP contribution in [0.3, 0.4) is 0 Å². The van der Waals surface area contributed by atoms with Crippen molar-refractivity contribution in [2.75, 3.05) is 7.11 Å². The summed E-state index contributed by atoms with van der Waals surface area (Å²) in [6.45, 7) is 7.82. The van der Waals surface area contributed by atoms with Crippen LogP contribution in [0.15, 0.2) is 12.4 Å². The van der Waals surface area contributed by atoms with Crippen LogP contribution in [0.2, 0.25) is 0 Å². The molecular weight excluding hydrogens is 286 g/mol. The van der Waals surface area contributed by atoms with E-state index in [1.165, 1.54) is 7.11 Å². The zero-order valence-corrected chi connectivity index (χ0v) is 13.9. The lowest BCUT2D eigenvalue weighted by molar-refractivity contribution is -0.143. The number of carbonyl (C=O) groups excluding carboxylic acids is 2. The molecule has 0 radical (unpaired) electrons. The number of rotatable bonds is 6. The number of ether oxygens (including phenoxy) is 2. The molecule has 1 aromatic rings. The summed E-state index contributed by atoms with van der Waals surface area (Å²) in [5, 5.41) is 6.74. The number of alkyl carbamates (subject to hydrolysis) is 1. The minimum Gasteiger partial charge on any atom is -0.467 e. The highest BCUT2D eigenvalue weighted by molar-refractivity contribution is 5.81. The Labute approximate surface area is 131 Å². The Morgan fingerprint density at radius 3 is 2.59 bits per heavy atom. The predicted molar refractivity (Wildman–Crippen MR) is 81.4 cm³/mol. The van der Waals surface area contributed by atoms with Crippen molar-refractivity contribution >= 4 is 12.1 Å².